The standard InChI is InChI=1S/C26H46N7O6P/c1-8-9-10-11-12-37-25(35)26(6,7)32-40(36,31-20(5)24(34)38-14-18(2)3)17-39-19(4)13-33-16-30-21-22(27)28-15-29-23(21)33/h15-16,18-20H,8-14,17H2,1-7H3,(H2,27,28,29)(H2,31,32,36)/t19-,20-,40?/m1/s1. The number of nitrogens with zero attached hydrogens (tertiary/aromatic N) is 4. The maximum Gasteiger partial charge on any atom is 0.326 e. The highest BCUT2D eigenvalue weighted by Gasteiger charge is 2.39. The SMILES string of the molecule is CCCCCCOC(=O)C(C)(C)NP(=O)(CO[C@H](C)Cn1cnc2c(N)ncnc21)N[C@H](C)C(=O)OCC(C)C. The largest absolute Gasteiger partial charge is 0.464 e. The first-order chi connectivity index (χ1) is 18.8. The van der Waals surface area contributed by atoms with Gasteiger partial charge in [-0.15, -0.1) is 0 Å². The third-order valence-corrected chi connectivity index (χ3v) is 8.18. The normalized spacial score (nSPS) is 15.1. The van der Waals surface area contributed by atoms with Gasteiger partial charge in [0, 0.05) is 0 Å². The van der Waals surface area contributed by atoms with E-state index in [1.54, 1.807) is 38.6 Å². The summed E-state index contributed by atoms with van der Waals surface area (Å²) in [6.07, 6.45) is 6.04. The zero-order valence-electron chi connectivity index (χ0n) is 24.8. The van der Waals surface area contributed by atoms with Crippen molar-refractivity contribution in [2.24, 2.45) is 5.92 Å². The Bertz CT molecular complexity index is 1160. The number of carbonyl (C=O) groups is 2. The van der Waals surface area contributed by atoms with Crippen LogP contribution in [0.2, 0.25) is 0 Å². The molecule has 226 valence electrons. The maximum atomic E-state index is 14.1. The van der Waals surface area contributed by atoms with Crippen LogP contribution in [0.25, 0.3) is 11.2 Å². The maximum absolute atomic E-state index is 14.1. The summed E-state index contributed by atoms with van der Waals surface area (Å²) in [5.74, 6) is -0.678. The molecule has 4 N–H and O–H groups in total. The fourth-order valence-electron chi connectivity index (χ4n) is 3.81. The predicted octanol–water partition coefficient (Wildman–Crippen LogP) is 3.63. The smallest absolute Gasteiger partial charge is 0.326 e. The lowest BCUT2D eigenvalue weighted by atomic mass is 10.1. The predicted molar refractivity (Wildman–Crippen MR) is 153 cm³/mol. The Labute approximate surface area is 236 Å². The van der Waals surface area contributed by atoms with Crippen molar-refractivity contribution in [3.8, 4) is 0 Å². The summed E-state index contributed by atoms with van der Waals surface area (Å²) in [6, 6.07) is -0.922. The van der Waals surface area contributed by atoms with E-state index >= 15 is 0 Å². The molecule has 1 unspecified atom stereocenters. The topological polar surface area (TPSA) is 173 Å². The number of ether oxygens (including phenoxy) is 3. The highest BCUT2D eigenvalue weighted by atomic mass is 31.2. The Morgan fingerprint density at radius 1 is 1.10 bits per heavy atom. The monoisotopic (exact) mass is 583 g/mol. The molecule has 0 spiro atoms. The molecule has 0 aliphatic rings. The molecule has 0 amide bonds. The van der Waals surface area contributed by atoms with Crippen molar-refractivity contribution in [1.82, 2.24) is 29.7 Å². The van der Waals surface area contributed by atoms with E-state index in [1.807, 2.05) is 13.8 Å². The summed E-state index contributed by atoms with van der Waals surface area (Å²) < 4.78 is 32.6. The number of fused-ring (bicyclic) bond motifs is 1. The van der Waals surface area contributed by atoms with Gasteiger partial charge in [-0.3, -0.25) is 14.2 Å². The van der Waals surface area contributed by atoms with Crippen molar-refractivity contribution in [2.75, 3.05) is 25.3 Å². The van der Waals surface area contributed by atoms with Crippen LogP contribution in [0.5, 0.6) is 0 Å². The van der Waals surface area contributed by atoms with Crippen LogP contribution in [0, 0.1) is 5.92 Å². The van der Waals surface area contributed by atoms with Gasteiger partial charge in [0.2, 0.25) is 7.44 Å². The Morgan fingerprint density at radius 3 is 2.50 bits per heavy atom. The molecule has 2 rings (SSSR count). The average molecular weight is 584 g/mol. The molecule has 40 heavy (non-hydrogen) atoms. The zero-order valence-corrected chi connectivity index (χ0v) is 25.7. The Kier molecular flexibility index (Phi) is 12.9. The van der Waals surface area contributed by atoms with Gasteiger partial charge >= 0.3 is 11.9 Å². The molecule has 0 aromatic carbocycles. The van der Waals surface area contributed by atoms with Crippen molar-refractivity contribution >= 4 is 36.4 Å². The molecule has 0 saturated carbocycles. The molecular formula is C26H46N7O6P. The number of esters is 2. The Balaban J connectivity index is 2.12. The van der Waals surface area contributed by atoms with E-state index in [1.165, 1.54) is 6.33 Å². The molecule has 0 saturated heterocycles. The number of aromatic nitrogens is 4. The summed E-state index contributed by atoms with van der Waals surface area (Å²) >= 11 is 0. The second-order valence-electron chi connectivity index (χ2n) is 11.0. The number of carbonyl (C=O) groups excluding carboxylic acids is 2. The summed E-state index contributed by atoms with van der Waals surface area (Å²) in [4.78, 5) is 37.9. The number of nitrogens with two attached hydrogens (primary N) is 1. The first-order valence-corrected chi connectivity index (χ1v) is 15.7. The summed E-state index contributed by atoms with van der Waals surface area (Å²) in [5, 5.41) is 5.75. The zero-order chi connectivity index (χ0) is 29.9. The van der Waals surface area contributed by atoms with Crippen LogP contribution in [-0.2, 0) is 34.9 Å². The minimum absolute atomic E-state index is 0.149. The second-order valence-corrected chi connectivity index (χ2v) is 13.2. The minimum atomic E-state index is -3.70. The van der Waals surface area contributed by atoms with Gasteiger partial charge in [0.25, 0.3) is 0 Å². The van der Waals surface area contributed by atoms with Crippen molar-refractivity contribution in [1.29, 1.82) is 0 Å². The molecule has 3 atom stereocenters. The minimum Gasteiger partial charge on any atom is -0.464 e. The van der Waals surface area contributed by atoms with Gasteiger partial charge in [-0.2, -0.15) is 0 Å². The van der Waals surface area contributed by atoms with Crippen LogP contribution in [0.4, 0.5) is 5.82 Å². The molecule has 2 heterocycles. The molecule has 0 aliphatic heterocycles. The van der Waals surface area contributed by atoms with Crippen molar-refractivity contribution < 1.29 is 28.4 Å². The van der Waals surface area contributed by atoms with Crippen LogP contribution in [0.3, 0.4) is 0 Å². The molecule has 13 nitrogen and oxygen atoms in total. The summed E-state index contributed by atoms with van der Waals surface area (Å²) in [5.41, 5.74) is 5.58. The van der Waals surface area contributed by atoms with Crippen LogP contribution in [0.1, 0.15) is 74.1 Å². The van der Waals surface area contributed by atoms with Crippen LogP contribution >= 0.6 is 7.44 Å². The Hall–Kier alpha value is -2.60. The average Bonchev–Trinajstić information content (AvgIpc) is 3.29. The number of nitrogens with one attached hydrogen (secondary N) is 2. The van der Waals surface area contributed by atoms with Crippen molar-refractivity contribution in [2.45, 2.75) is 98.4 Å². The number of hydrogen-bond acceptors (Lipinski definition) is 10. The van der Waals surface area contributed by atoms with E-state index in [2.05, 4.69) is 32.1 Å². The fourth-order valence-corrected chi connectivity index (χ4v) is 6.20. The number of hydrogen-bond donors (Lipinski definition) is 3. The van der Waals surface area contributed by atoms with Crippen LogP contribution in [-0.4, -0.2) is 68.7 Å². The number of unbranched alkanes of at least 4 members (excludes halogenated alkanes) is 3. The van der Waals surface area contributed by atoms with E-state index in [4.69, 9.17) is 19.9 Å². The van der Waals surface area contributed by atoms with E-state index in [0.717, 1.165) is 25.7 Å². The van der Waals surface area contributed by atoms with E-state index < -0.39 is 37.1 Å². The lowest BCUT2D eigenvalue weighted by molar-refractivity contribution is -0.149. The van der Waals surface area contributed by atoms with Gasteiger partial charge in [0.05, 0.1) is 32.2 Å². The first kappa shape index (κ1) is 33.6. The number of anilines is 1. The van der Waals surface area contributed by atoms with Gasteiger partial charge < -0.3 is 24.5 Å². The van der Waals surface area contributed by atoms with E-state index in [-0.39, 0.29) is 31.3 Å². The van der Waals surface area contributed by atoms with Gasteiger partial charge in [0.1, 0.15) is 29.8 Å². The summed E-state index contributed by atoms with van der Waals surface area (Å²) in [6.45, 7) is 13.3. The number of imidazole rings is 1. The van der Waals surface area contributed by atoms with Gasteiger partial charge in [-0.05, 0) is 40.0 Å². The molecule has 2 aromatic heterocycles. The summed E-state index contributed by atoms with van der Waals surface area (Å²) in [7, 11) is -3.70. The number of nitrogen functional groups attached to an aromatic ring is 1. The quantitative estimate of drug-likeness (QED) is 0.132. The number of rotatable bonds is 18. The fraction of sp³-hybridized carbons (Fsp3) is 0.731. The Morgan fingerprint density at radius 2 is 1.82 bits per heavy atom. The van der Waals surface area contributed by atoms with Gasteiger partial charge in [-0.1, -0.05) is 40.0 Å². The van der Waals surface area contributed by atoms with Gasteiger partial charge in [0.15, 0.2) is 11.5 Å². The lowest BCUT2D eigenvalue weighted by Gasteiger charge is -2.32. The molecule has 0 radical (unpaired) electrons. The van der Waals surface area contributed by atoms with Crippen molar-refractivity contribution in [3.63, 3.8) is 0 Å². The van der Waals surface area contributed by atoms with Gasteiger partial charge in [-0.25, -0.2) is 25.1 Å². The second kappa shape index (κ2) is 15.4. The highest BCUT2D eigenvalue weighted by molar-refractivity contribution is 7.59. The first-order valence-electron chi connectivity index (χ1n) is 13.8. The van der Waals surface area contributed by atoms with Crippen molar-refractivity contribution in [3.05, 3.63) is 12.7 Å². The van der Waals surface area contributed by atoms with Crippen LogP contribution in [0.15, 0.2) is 12.7 Å². The third-order valence-electron chi connectivity index (χ3n) is 5.94. The molecular weight excluding hydrogens is 537 g/mol. The third kappa shape index (κ3) is 10.4. The molecule has 2 aromatic rings. The molecule has 0 aliphatic carbocycles. The molecule has 0 bridgehead atoms. The van der Waals surface area contributed by atoms with E-state index in [0.29, 0.717) is 17.7 Å². The molecule has 0 fully saturated rings. The molecule has 14 heteroatoms. The lowest BCUT2D eigenvalue weighted by Crippen LogP contribution is -2.50. The van der Waals surface area contributed by atoms with E-state index in [9.17, 15) is 14.2 Å². The van der Waals surface area contributed by atoms with Crippen LogP contribution < -0.4 is 15.9 Å². The highest BCUT2D eigenvalue weighted by Crippen LogP contribution is 2.40.